The number of hydrogen-bond acceptors (Lipinski definition) is 2. The van der Waals surface area contributed by atoms with Gasteiger partial charge in [0.05, 0.1) is 5.92 Å². The number of aromatic amines is 1. The molecule has 3 rings (SSSR count). The number of fused-ring (bicyclic) bond motifs is 1. The molecule has 1 fully saturated rings. The Labute approximate surface area is 137 Å². The molecule has 1 aromatic carbocycles. The maximum Gasteiger partial charge on any atom is 0.224 e. The van der Waals surface area contributed by atoms with Gasteiger partial charge in [0.25, 0.3) is 0 Å². The second-order valence-electron chi connectivity index (χ2n) is 7.16. The Hall–Kier alpha value is -1.81. The zero-order valence-electron chi connectivity index (χ0n) is 14.1. The van der Waals surface area contributed by atoms with Crippen molar-refractivity contribution in [2.24, 2.45) is 11.7 Å². The van der Waals surface area contributed by atoms with Crippen LogP contribution in [0, 0.1) is 12.8 Å². The molecule has 0 aliphatic heterocycles. The first-order valence-corrected chi connectivity index (χ1v) is 8.61. The van der Waals surface area contributed by atoms with Gasteiger partial charge in [0.1, 0.15) is 0 Å². The Balaban J connectivity index is 1.60. The predicted octanol–water partition coefficient (Wildman–Crippen LogP) is 3.04. The van der Waals surface area contributed by atoms with Crippen LogP contribution in [0.15, 0.2) is 24.4 Å². The monoisotopic (exact) mass is 313 g/mol. The average Bonchev–Trinajstić information content (AvgIpc) is 2.91. The van der Waals surface area contributed by atoms with E-state index in [9.17, 15) is 4.79 Å². The van der Waals surface area contributed by atoms with Gasteiger partial charge in [-0.15, -0.1) is 0 Å². The largest absolute Gasteiger partial charge is 0.361 e. The highest BCUT2D eigenvalue weighted by molar-refractivity contribution is 5.86. The van der Waals surface area contributed by atoms with Crippen LogP contribution in [0.2, 0.25) is 0 Å². The molecule has 1 aliphatic carbocycles. The molecule has 0 radical (unpaired) electrons. The highest BCUT2D eigenvalue weighted by Gasteiger charge is 2.37. The van der Waals surface area contributed by atoms with E-state index in [0.29, 0.717) is 6.54 Å². The van der Waals surface area contributed by atoms with Crippen molar-refractivity contribution in [3.63, 3.8) is 0 Å². The van der Waals surface area contributed by atoms with E-state index in [2.05, 4.69) is 41.6 Å². The van der Waals surface area contributed by atoms with Gasteiger partial charge in [-0.25, -0.2) is 0 Å². The first-order chi connectivity index (χ1) is 11.0. The number of carbonyl (C=O) groups excluding carboxylic acids is 1. The number of rotatable bonds is 4. The number of para-hydroxylation sites is 1. The summed E-state index contributed by atoms with van der Waals surface area (Å²) in [6.45, 7) is 4.78. The van der Waals surface area contributed by atoms with Crippen molar-refractivity contribution in [3.05, 3.63) is 35.5 Å². The van der Waals surface area contributed by atoms with E-state index in [-0.39, 0.29) is 17.4 Å². The topological polar surface area (TPSA) is 70.9 Å². The van der Waals surface area contributed by atoms with Crippen molar-refractivity contribution in [1.29, 1.82) is 0 Å². The fourth-order valence-corrected chi connectivity index (χ4v) is 3.80. The maximum absolute atomic E-state index is 12.5. The SMILES string of the molecule is Cc1cccc2c(CCNC(=O)C3CCCCC3(C)N)c[nH]c12. The summed E-state index contributed by atoms with van der Waals surface area (Å²) in [6.07, 6.45) is 6.97. The lowest BCUT2D eigenvalue weighted by atomic mass is 9.74. The molecule has 1 aliphatic rings. The van der Waals surface area contributed by atoms with Crippen molar-refractivity contribution in [2.45, 2.75) is 51.5 Å². The zero-order chi connectivity index (χ0) is 16.4. The summed E-state index contributed by atoms with van der Waals surface area (Å²) < 4.78 is 0. The normalized spacial score (nSPS) is 24.7. The Morgan fingerprint density at radius 1 is 1.43 bits per heavy atom. The summed E-state index contributed by atoms with van der Waals surface area (Å²) in [6, 6.07) is 6.32. The Kier molecular flexibility index (Phi) is 4.44. The molecule has 23 heavy (non-hydrogen) atoms. The molecule has 4 N–H and O–H groups in total. The summed E-state index contributed by atoms with van der Waals surface area (Å²) in [4.78, 5) is 15.8. The molecular weight excluding hydrogens is 286 g/mol. The second kappa shape index (κ2) is 6.36. The Morgan fingerprint density at radius 3 is 3.04 bits per heavy atom. The molecule has 2 aromatic rings. The quantitative estimate of drug-likeness (QED) is 0.812. The van der Waals surface area contributed by atoms with Gasteiger partial charge in [-0.05, 0) is 44.2 Å². The van der Waals surface area contributed by atoms with Crippen molar-refractivity contribution < 1.29 is 4.79 Å². The first-order valence-electron chi connectivity index (χ1n) is 8.61. The molecule has 124 valence electrons. The number of carbonyl (C=O) groups is 1. The van der Waals surface area contributed by atoms with E-state index in [0.717, 1.165) is 32.1 Å². The Bertz CT molecular complexity index is 702. The standard InChI is InChI=1S/C19H27N3O/c1-13-6-5-7-15-14(12-22-17(13)15)9-11-21-18(23)16-8-3-4-10-19(16,2)20/h5-7,12,16,22H,3-4,8-11,20H2,1-2H3,(H,21,23). The molecule has 2 atom stereocenters. The van der Waals surface area contributed by atoms with Gasteiger partial charge in [0, 0.05) is 29.2 Å². The van der Waals surface area contributed by atoms with Crippen molar-refractivity contribution >= 4 is 16.8 Å². The molecule has 1 heterocycles. The van der Waals surface area contributed by atoms with Crippen molar-refractivity contribution in [2.75, 3.05) is 6.54 Å². The molecule has 1 saturated carbocycles. The van der Waals surface area contributed by atoms with E-state index in [1.807, 2.05) is 6.92 Å². The van der Waals surface area contributed by atoms with Gasteiger partial charge in [-0.2, -0.15) is 0 Å². The third kappa shape index (κ3) is 3.27. The Morgan fingerprint density at radius 2 is 2.26 bits per heavy atom. The molecule has 0 spiro atoms. The van der Waals surface area contributed by atoms with Crippen LogP contribution in [0.1, 0.15) is 43.7 Å². The summed E-state index contributed by atoms with van der Waals surface area (Å²) in [7, 11) is 0. The van der Waals surface area contributed by atoms with Crippen LogP contribution in [0.5, 0.6) is 0 Å². The molecule has 4 nitrogen and oxygen atoms in total. The number of aromatic nitrogens is 1. The van der Waals surface area contributed by atoms with E-state index in [1.165, 1.54) is 22.0 Å². The zero-order valence-corrected chi connectivity index (χ0v) is 14.1. The van der Waals surface area contributed by atoms with Gasteiger partial charge >= 0.3 is 0 Å². The minimum absolute atomic E-state index is 0.0542. The van der Waals surface area contributed by atoms with Gasteiger partial charge < -0.3 is 16.0 Å². The summed E-state index contributed by atoms with van der Waals surface area (Å²) in [5, 5.41) is 4.34. The molecular formula is C19H27N3O. The average molecular weight is 313 g/mol. The summed E-state index contributed by atoms with van der Waals surface area (Å²) >= 11 is 0. The maximum atomic E-state index is 12.5. The van der Waals surface area contributed by atoms with Crippen LogP contribution >= 0.6 is 0 Å². The number of H-pyrrole nitrogens is 1. The van der Waals surface area contributed by atoms with Crippen LogP contribution in [0.4, 0.5) is 0 Å². The minimum Gasteiger partial charge on any atom is -0.361 e. The van der Waals surface area contributed by atoms with E-state index >= 15 is 0 Å². The molecule has 2 unspecified atom stereocenters. The van der Waals surface area contributed by atoms with Gasteiger partial charge in [0.15, 0.2) is 0 Å². The van der Waals surface area contributed by atoms with Crippen molar-refractivity contribution in [1.82, 2.24) is 10.3 Å². The van der Waals surface area contributed by atoms with E-state index < -0.39 is 0 Å². The minimum atomic E-state index is -0.361. The van der Waals surface area contributed by atoms with Crippen LogP contribution < -0.4 is 11.1 Å². The molecule has 0 bridgehead atoms. The van der Waals surface area contributed by atoms with E-state index in [1.54, 1.807) is 0 Å². The van der Waals surface area contributed by atoms with Crippen molar-refractivity contribution in [3.8, 4) is 0 Å². The number of benzene rings is 1. The number of aryl methyl sites for hydroxylation is 1. The third-order valence-corrected chi connectivity index (χ3v) is 5.27. The highest BCUT2D eigenvalue weighted by Crippen LogP contribution is 2.31. The van der Waals surface area contributed by atoms with Crippen LogP contribution in [0.3, 0.4) is 0 Å². The highest BCUT2D eigenvalue weighted by atomic mass is 16.1. The van der Waals surface area contributed by atoms with E-state index in [4.69, 9.17) is 5.73 Å². The molecule has 0 saturated heterocycles. The lowest BCUT2D eigenvalue weighted by Gasteiger charge is -2.37. The first kappa shape index (κ1) is 16.1. The number of hydrogen-bond donors (Lipinski definition) is 3. The number of amides is 1. The summed E-state index contributed by atoms with van der Waals surface area (Å²) in [5.41, 5.74) is 9.65. The number of nitrogens with two attached hydrogens (primary N) is 1. The van der Waals surface area contributed by atoms with Crippen LogP contribution in [0.25, 0.3) is 10.9 Å². The van der Waals surface area contributed by atoms with Crippen LogP contribution in [-0.4, -0.2) is 23.0 Å². The third-order valence-electron chi connectivity index (χ3n) is 5.27. The lowest BCUT2D eigenvalue weighted by Crippen LogP contribution is -2.53. The van der Waals surface area contributed by atoms with Gasteiger partial charge in [0.2, 0.25) is 5.91 Å². The van der Waals surface area contributed by atoms with Gasteiger partial charge in [-0.1, -0.05) is 31.0 Å². The van der Waals surface area contributed by atoms with Crippen LogP contribution in [-0.2, 0) is 11.2 Å². The van der Waals surface area contributed by atoms with Gasteiger partial charge in [-0.3, -0.25) is 4.79 Å². The molecule has 1 amide bonds. The fraction of sp³-hybridized carbons (Fsp3) is 0.526. The second-order valence-corrected chi connectivity index (χ2v) is 7.16. The smallest absolute Gasteiger partial charge is 0.224 e. The molecule has 1 aromatic heterocycles. The molecule has 4 heteroatoms. The predicted molar refractivity (Wildman–Crippen MR) is 94.3 cm³/mol. The summed E-state index contributed by atoms with van der Waals surface area (Å²) in [5.74, 6) is 0.0622. The number of nitrogens with one attached hydrogen (secondary N) is 2. The lowest BCUT2D eigenvalue weighted by molar-refractivity contribution is -0.128. The fourth-order valence-electron chi connectivity index (χ4n) is 3.80.